The molecule has 0 atom stereocenters. The number of rotatable bonds is 6. The van der Waals surface area contributed by atoms with Gasteiger partial charge in [0.2, 0.25) is 0 Å². The van der Waals surface area contributed by atoms with Gasteiger partial charge in [-0.05, 0) is 5.92 Å². The summed E-state index contributed by atoms with van der Waals surface area (Å²) in [6.07, 6.45) is 4.96. The second kappa shape index (κ2) is 10.6. The number of carbonyl (C=O) groups excluding carboxylic acids is 1. The molecular formula is C16H24N6O4. The second-order valence-electron chi connectivity index (χ2n) is 5.96. The lowest BCUT2D eigenvalue weighted by molar-refractivity contribution is -0.122. The predicted molar refractivity (Wildman–Crippen MR) is 94.2 cm³/mol. The fourth-order valence-electron chi connectivity index (χ4n) is 2.22. The largest absolute Gasteiger partial charge is 0.483 e. The van der Waals surface area contributed by atoms with E-state index in [9.17, 15) is 9.59 Å². The van der Waals surface area contributed by atoms with E-state index in [1.165, 1.54) is 12.4 Å². The van der Waals surface area contributed by atoms with Gasteiger partial charge >= 0.3 is 6.03 Å². The van der Waals surface area contributed by atoms with Crippen molar-refractivity contribution in [2.45, 2.75) is 26.9 Å². The Hall–Kier alpha value is -3.17. The van der Waals surface area contributed by atoms with Crippen LogP contribution in [0.4, 0.5) is 4.79 Å². The molecule has 142 valence electrons. The number of nitrogens with one attached hydrogen (secondary N) is 2. The van der Waals surface area contributed by atoms with Crippen molar-refractivity contribution in [2.24, 2.45) is 13.0 Å². The molecule has 0 spiro atoms. The van der Waals surface area contributed by atoms with E-state index in [2.05, 4.69) is 34.2 Å². The monoisotopic (exact) mass is 364 g/mol. The number of amides is 2. The van der Waals surface area contributed by atoms with Gasteiger partial charge in [0, 0.05) is 31.4 Å². The van der Waals surface area contributed by atoms with Gasteiger partial charge in [0.15, 0.2) is 0 Å². The summed E-state index contributed by atoms with van der Waals surface area (Å²) in [5.41, 5.74) is 1.25. The average Bonchev–Trinajstić information content (AvgIpc) is 2.97. The van der Waals surface area contributed by atoms with Crippen LogP contribution in [0.5, 0.6) is 0 Å². The molecule has 2 heterocycles. The third-order valence-corrected chi connectivity index (χ3v) is 3.16. The Balaban J connectivity index is 0.00000105. The zero-order valence-corrected chi connectivity index (χ0v) is 15.0. The van der Waals surface area contributed by atoms with Crippen molar-refractivity contribution in [3.63, 3.8) is 0 Å². The van der Waals surface area contributed by atoms with Crippen LogP contribution in [0.3, 0.4) is 0 Å². The molecule has 0 aliphatic carbocycles. The molecule has 2 rings (SSSR count). The quantitative estimate of drug-likeness (QED) is 0.642. The van der Waals surface area contributed by atoms with Crippen molar-refractivity contribution in [3.8, 4) is 0 Å². The molecule has 0 aliphatic rings. The maximum Gasteiger partial charge on any atom is 0.318 e. The molecule has 0 fully saturated rings. The molecule has 0 aromatic carbocycles. The molecule has 2 aromatic rings. The Bertz CT molecular complexity index is 755. The third-order valence-electron chi connectivity index (χ3n) is 3.16. The highest BCUT2D eigenvalue weighted by molar-refractivity contribution is 5.74. The van der Waals surface area contributed by atoms with E-state index in [0.717, 1.165) is 5.56 Å². The molecule has 10 nitrogen and oxygen atoms in total. The standard InChI is InChI=1S/C15H22N6O2.CH2O2/c1-11(2)7-21(9-12-5-19-20(3)8-12)15(23)16-6-13-4-14(22)18-10-17-13;2-1-3/h4-5,8,10-11H,6-7,9H2,1-3H3,(H,16,23)(H,17,18,22);1H,(H,2,3). The summed E-state index contributed by atoms with van der Waals surface area (Å²) in [4.78, 5) is 40.2. The topological polar surface area (TPSA) is 133 Å². The Kier molecular flexibility index (Phi) is 8.55. The minimum atomic E-state index is -0.250. The Morgan fingerprint density at radius 3 is 2.73 bits per heavy atom. The lowest BCUT2D eigenvalue weighted by Gasteiger charge is -2.24. The van der Waals surface area contributed by atoms with Crippen molar-refractivity contribution in [1.82, 2.24) is 30.0 Å². The van der Waals surface area contributed by atoms with E-state index in [1.807, 2.05) is 13.2 Å². The Morgan fingerprint density at radius 2 is 2.19 bits per heavy atom. The SMILES string of the molecule is CC(C)CN(Cc1cnn(C)c1)C(=O)NCc1cc(=O)[nH]cn1.O=CO. The van der Waals surface area contributed by atoms with Gasteiger partial charge in [-0.2, -0.15) is 5.10 Å². The Morgan fingerprint density at radius 1 is 1.50 bits per heavy atom. The van der Waals surface area contributed by atoms with E-state index in [4.69, 9.17) is 9.90 Å². The van der Waals surface area contributed by atoms with Crippen LogP contribution in [0, 0.1) is 5.92 Å². The van der Waals surface area contributed by atoms with Gasteiger partial charge in [0.25, 0.3) is 12.0 Å². The number of urea groups is 1. The number of carboxylic acid groups (broad SMARTS) is 1. The van der Waals surface area contributed by atoms with Gasteiger partial charge in [-0.25, -0.2) is 9.78 Å². The molecular weight excluding hydrogens is 340 g/mol. The van der Waals surface area contributed by atoms with Gasteiger partial charge in [-0.15, -0.1) is 0 Å². The number of hydrogen-bond acceptors (Lipinski definition) is 5. The van der Waals surface area contributed by atoms with Crippen LogP contribution < -0.4 is 10.9 Å². The van der Waals surface area contributed by atoms with Crippen LogP contribution in [0.15, 0.2) is 29.6 Å². The molecule has 0 radical (unpaired) electrons. The summed E-state index contributed by atoms with van der Waals surface area (Å²) < 4.78 is 1.71. The number of nitrogens with zero attached hydrogens (tertiary/aromatic N) is 4. The molecule has 2 amide bonds. The summed E-state index contributed by atoms with van der Waals surface area (Å²) >= 11 is 0. The van der Waals surface area contributed by atoms with Crippen LogP contribution in [0.25, 0.3) is 0 Å². The van der Waals surface area contributed by atoms with Crippen molar-refractivity contribution in [2.75, 3.05) is 6.54 Å². The number of aromatic amines is 1. The maximum absolute atomic E-state index is 12.4. The number of aryl methyl sites for hydroxylation is 1. The van der Waals surface area contributed by atoms with Crippen LogP contribution >= 0.6 is 0 Å². The number of carbonyl (C=O) groups is 2. The van der Waals surface area contributed by atoms with Crippen molar-refractivity contribution < 1.29 is 14.7 Å². The normalized spacial score (nSPS) is 10.0. The summed E-state index contributed by atoms with van der Waals surface area (Å²) in [7, 11) is 1.84. The Labute approximate surface area is 150 Å². The van der Waals surface area contributed by atoms with E-state index in [0.29, 0.717) is 24.7 Å². The van der Waals surface area contributed by atoms with E-state index >= 15 is 0 Å². The van der Waals surface area contributed by atoms with Gasteiger partial charge in [0.1, 0.15) is 0 Å². The van der Waals surface area contributed by atoms with Crippen LogP contribution in [-0.2, 0) is 24.9 Å². The predicted octanol–water partition coefficient (Wildman–Crippen LogP) is 0.572. The first-order valence-corrected chi connectivity index (χ1v) is 7.97. The number of aromatic nitrogens is 4. The summed E-state index contributed by atoms with van der Waals surface area (Å²) in [6.45, 7) is 5.19. The smallest absolute Gasteiger partial charge is 0.318 e. The molecule has 26 heavy (non-hydrogen) atoms. The lowest BCUT2D eigenvalue weighted by atomic mass is 10.2. The van der Waals surface area contributed by atoms with Crippen LogP contribution in [0.1, 0.15) is 25.1 Å². The first kappa shape index (κ1) is 20.9. The van der Waals surface area contributed by atoms with Gasteiger partial charge in [0.05, 0.1) is 31.3 Å². The second-order valence-corrected chi connectivity index (χ2v) is 5.96. The van der Waals surface area contributed by atoms with Crippen molar-refractivity contribution >= 4 is 12.5 Å². The van der Waals surface area contributed by atoms with Gasteiger partial charge < -0.3 is 20.3 Å². The summed E-state index contributed by atoms with van der Waals surface area (Å²) in [6, 6.07) is 1.18. The van der Waals surface area contributed by atoms with Gasteiger partial charge in [-0.1, -0.05) is 13.8 Å². The van der Waals surface area contributed by atoms with Gasteiger partial charge in [-0.3, -0.25) is 14.3 Å². The van der Waals surface area contributed by atoms with Crippen molar-refractivity contribution in [3.05, 3.63) is 46.4 Å². The minimum Gasteiger partial charge on any atom is -0.483 e. The highest BCUT2D eigenvalue weighted by atomic mass is 16.3. The number of hydrogen-bond donors (Lipinski definition) is 3. The first-order chi connectivity index (χ1) is 12.3. The van der Waals surface area contributed by atoms with E-state index in [1.54, 1.807) is 15.8 Å². The lowest BCUT2D eigenvalue weighted by Crippen LogP contribution is -2.41. The molecule has 0 aliphatic heterocycles. The third kappa shape index (κ3) is 7.60. The molecule has 0 bridgehead atoms. The van der Waals surface area contributed by atoms with E-state index < -0.39 is 0 Å². The molecule has 10 heteroatoms. The minimum absolute atomic E-state index is 0.190. The molecule has 0 saturated carbocycles. The average molecular weight is 364 g/mol. The first-order valence-electron chi connectivity index (χ1n) is 7.97. The fraction of sp³-hybridized carbons (Fsp3) is 0.438. The van der Waals surface area contributed by atoms with E-state index in [-0.39, 0.29) is 24.6 Å². The summed E-state index contributed by atoms with van der Waals surface area (Å²) in [5, 5.41) is 13.8. The number of H-pyrrole nitrogens is 1. The summed E-state index contributed by atoms with van der Waals surface area (Å²) in [5.74, 6) is 0.343. The fourth-order valence-corrected chi connectivity index (χ4v) is 2.22. The van der Waals surface area contributed by atoms with Crippen molar-refractivity contribution in [1.29, 1.82) is 0 Å². The molecule has 0 saturated heterocycles. The van der Waals surface area contributed by atoms with Crippen LogP contribution in [0.2, 0.25) is 0 Å². The maximum atomic E-state index is 12.4. The zero-order chi connectivity index (χ0) is 19.5. The highest BCUT2D eigenvalue weighted by Gasteiger charge is 2.16. The molecule has 3 N–H and O–H groups in total. The molecule has 2 aromatic heterocycles. The molecule has 0 unspecified atom stereocenters. The highest BCUT2D eigenvalue weighted by Crippen LogP contribution is 2.07. The van der Waals surface area contributed by atoms with Crippen LogP contribution in [-0.4, -0.2) is 48.8 Å². The zero-order valence-electron chi connectivity index (χ0n) is 15.0.